The molecule has 0 radical (unpaired) electrons. The van der Waals surface area contributed by atoms with Gasteiger partial charge in [-0.25, -0.2) is 4.98 Å². The van der Waals surface area contributed by atoms with Crippen LogP contribution in [0.1, 0.15) is 49.7 Å². The summed E-state index contributed by atoms with van der Waals surface area (Å²) >= 11 is 0. The lowest BCUT2D eigenvalue weighted by Gasteiger charge is -2.24. The molecule has 3 nitrogen and oxygen atoms in total. The molecule has 0 amide bonds. The van der Waals surface area contributed by atoms with Crippen LogP contribution in [0.4, 0.5) is 5.82 Å². The number of hydrogen-bond donors (Lipinski definition) is 1. The first-order valence-corrected chi connectivity index (χ1v) is 8.12. The third kappa shape index (κ3) is 3.51. The molecular formula is C17H27N3. The number of anilines is 1. The Morgan fingerprint density at radius 2 is 2.00 bits per heavy atom. The number of nitrogens with zero attached hydrogens (tertiary/aromatic N) is 2. The Morgan fingerprint density at radius 3 is 2.65 bits per heavy atom. The first kappa shape index (κ1) is 13.9. The van der Waals surface area contributed by atoms with Crippen LogP contribution in [-0.4, -0.2) is 24.6 Å². The molecule has 20 heavy (non-hydrogen) atoms. The summed E-state index contributed by atoms with van der Waals surface area (Å²) < 4.78 is 0. The van der Waals surface area contributed by atoms with Crippen molar-refractivity contribution in [1.29, 1.82) is 0 Å². The second-order valence-corrected chi connectivity index (χ2v) is 6.67. The van der Waals surface area contributed by atoms with E-state index in [2.05, 4.69) is 30.3 Å². The van der Waals surface area contributed by atoms with Crippen molar-refractivity contribution in [2.24, 2.45) is 5.92 Å². The number of rotatable bonds is 6. The Balaban J connectivity index is 1.59. The summed E-state index contributed by atoms with van der Waals surface area (Å²) in [4.78, 5) is 7.06. The molecule has 3 rings (SSSR count). The summed E-state index contributed by atoms with van der Waals surface area (Å²) in [7, 11) is 2.19. The average Bonchev–Trinajstić information content (AvgIpc) is 3.13. The molecule has 0 spiro atoms. The largest absolute Gasteiger partial charge is 0.359 e. The zero-order valence-corrected chi connectivity index (χ0v) is 12.9. The number of pyridine rings is 1. The van der Waals surface area contributed by atoms with Crippen molar-refractivity contribution in [2.75, 3.05) is 18.5 Å². The van der Waals surface area contributed by atoms with Crippen molar-refractivity contribution in [3.63, 3.8) is 0 Å². The minimum Gasteiger partial charge on any atom is -0.359 e. The minimum absolute atomic E-state index is 0.764. The predicted molar refractivity (Wildman–Crippen MR) is 84.1 cm³/mol. The van der Waals surface area contributed by atoms with Gasteiger partial charge in [0.1, 0.15) is 5.82 Å². The summed E-state index contributed by atoms with van der Waals surface area (Å²) in [5.41, 5.74) is 2.62. The van der Waals surface area contributed by atoms with Crippen LogP contribution >= 0.6 is 0 Å². The van der Waals surface area contributed by atoms with Gasteiger partial charge in [-0.05, 0) is 55.7 Å². The third-order valence-corrected chi connectivity index (χ3v) is 4.65. The van der Waals surface area contributed by atoms with Crippen molar-refractivity contribution in [2.45, 2.75) is 58.0 Å². The Bertz CT molecular complexity index is 448. The smallest absolute Gasteiger partial charge is 0.131 e. The van der Waals surface area contributed by atoms with Gasteiger partial charge < -0.3 is 10.2 Å². The average molecular weight is 273 g/mol. The molecule has 1 N–H and O–H groups in total. The Kier molecular flexibility index (Phi) is 4.25. The summed E-state index contributed by atoms with van der Waals surface area (Å²) in [6, 6.07) is 3.06. The molecule has 2 fully saturated rings. The van der Waals surface area contributed by atoms with E-state index < -0.39 is 0 Å². The number of aromatic nitrogens is 1. The van der Waals surface area contributed by atoms with Crippen molar-refractivity contribution in [1.82, 2.24) is 10.3 Å². The predicted octanol–water partition coefficient (Wildman–Crippen LogP) is 3.27. The van der Waals surface area contributed by atoms with Gasteiger partial charge in [0.25, 0.3) is 0 Å². The maximum absolute atomic E-state index is 4.70. The van der Waals surface area contributed by atoms with E-state index in [1.54, 1.807) is 0 Å². The van der Waals surface area contributed by atoms with Crippen LogP contribution in [0.25, 0.3) is 0 Å². The van der Waals surface area contributed by atoms with Gasteiger partial charge in [-0.3, -0.25) is 0 Å². The van der Waals surface area contributed by atoms with Gasteiger partial charge in [-0.1, -0.05) is 12.8 Å². The molecule has 1 heterocycles. The molecule has 1 aromatic rings. The van der Waals surface area contributed by atoms with Crippen LogP contribution in [0, 0.1) is 12.8 Å². The molecule has 0 unspecified atom stereocenters. The summed E-state index contributed by atoms with van der Waals surface area (Å²) in [6.07, 6.45) is 10.3. The van der Waals surface area contributed by atoms with Gasteiger partial charge in [0.05, 0.1) is 0 Å². The lowest BCUT2D eigenvalue weighted by molar-refractivity contribution is 0.544. The molecule has 3 heteroatoms. The zero-order chi connectivity index (χ0) is 13.9. The second-order valence-electron chi connectivity index (χ2n) is 6.67. The number of hydrogen-bond acceptors (Lipinski definition) is 3. The van der Waals surface area contributed by atoms with Crippen LogP contribution < -0.4 is 10.2 Å². The van der Waals surface area contributed by atoms with Gasteiger partial charge in [0.15, 0.2) is 0 Å². The standard InChI is InChI=1S/C17H27N3/c1-13-9-15(10-18-16-7-8-16)11-19-17(13)20(2)12-14-5-3-4-6-14/h9,11,14,16,18H,3-8,10,12H2,1-2H3. The van der Waals surface area contributed by atoms with Gasteiger partial charge in [0.2, 0.25) is 0 Å². The Morgan fingerprint density at radius 1 is 1.25 bits per heavy atom. The fraction of sp³-hybridized carbons (Fsp3) is 0.706. The van der Waals surface area contributed by atoms with E-state index >= 15 is 0 Å². The first-order chi connectivity index (χ1) is 9.72. The van der Waals surface area contributed by atoms with Crippen LogP contribution in [0.5, 0.6) is 0 Å². The lowest BCUT2D eigenvalue weighted by Crippen LogP contribution is -2.26. The topological polar surface area (TPSA) is 28.2 Å². The normalized spacial score (nSPS) is 19.5. The van der Waals surface area contributed by atoms with Crippen LogP contribution in [0.3, 0.4) is 0 Å². The fourth-order valence-corrected chi connectivity index (χ4v) is 3.34. The summed E-state index contributed by atoms with van der Waals surface area (Å²) in [6.45, 7) is 4.31. The van der Waals surface area contributed by atoms with E-state index in [1.807, 2.05) is 6.20 Å². The van der Waals surface area contributed by atoms with Crippen molar-refractivity contribution >= 4 is 5.82 Å². The minimum atomic E-state index is 0.764. The van der Waals surface area contributed by atoms with Crippen molar-refractivity contribution < 1.29 is 0 Å². The lowest BCUT2D eigenvalue weighted by atomic mass is 10.1. The zero-order valence-electron chi connectivity index (χ0n) is 12.9. The Hall–Kier alpha value is -1.09. The molecule has 1 aromatic heterocycles. The summed E-state index contributed by atoms with van der Waals surface area (Å²) in [5.74, 6) is 2.03. The maximum atomic E-state index is 4.70. The molecule has 0 aromatic carbocycles. The summed E-state index contributed by atoms with van der Waals surface area (Å²) in [5, 5.41) is 3.55. The van der Waals surface area contributed by atoms with Crippen LogP contribution in [0.15, 0.2) is 12.3 Å². The molecule has 2 aliphatic rings. The number of nitrogens with one attached hydrogen (secondary N) is 1. The van der Waals surface area contributed by atoms with E-state index in [0.29, 0.717) is 0 Å². The molecule has 0 bridgehead atoms. The van der Waals surface area contributed by atoms with Gasteiger partial charge in [0, 0.05) is 32.4 Å². The number of aryl methyl sites for hydroxylation is 1. The van der Waals surface area contributed by atoms with E-state index in [0.717, 1.165) is 30.9 Å². The SMILES string of the molecule is Cc1cc(CNC2CC2)cnc1N(C)CC1CCCC1. The highest BCUT2D eigenvalue weighted by molar-refractivity contribution is 5.46. The van der Waals surface area contributed by atoms with Gasteiger partial charge in [-0.15, -0.1) is 0 Å². The molecule has 0 saturated heterocycles. The van der Waals surface area contributed by atoms with E-state index in [9.17, 15) is 0 Å². The van der Waals surface area contributed by atoms with E-state index in [4.69, 9.17) is 4.98 Å². The van der Waals surface area contributed by atoms with Crippen molar-refractivity contribution in [3.8, 4) is 0 Å². The molecule has 2 saturated carbocycles. The van der Waals surface area contributed by atoms with Gasteiger partial charge >= 0.3 is 0 Å². The monoisotopic (exact) mass is 273 g/mol. The van der Waals surface area contributed by atoms with E-state index in [-0.39, 0.29) is 0 Å². The van der Waals surface area contributed by atoms with Crippen LogP contribution in [-0.2, 0) is 6.54 Å². The van der Waals surface area contributed by atoms with Crippen LogP contribution in [0.2, 0.25) is 0 Å². The highest BCUT2D eigenvalue weighted by atomic mass is 15.2. The highest BCUT2D eigenvalue weighted by Gasteiger charge is 2.21. The molecule has 110 valence electrons. The molecule has 0 aliphatic heterocycles. The Labute approximate surface area is 122 Å². The first-order valence-electron chi connectivity index (χ1n) is 8.12. The fourth-order valence-electron chi connectivity index (χ4n) is 3.34. The molecular weight excluding hydrogens is 246 g/mol. The molecule has 0 atom stereocenters. The van der Waals surface area contributed by atoms with Crippen molar-refractivity contribution in [3.05, 3.63) is 23.4 Å². The van der Waals surface area contributed by atoms with Gasteiger partial charge in [-0.2, -0.15) is 0 Å². The maximum Gasteiger partial charge on any atom is 0.131 e. The third-order valence-electron chi connectivity index (χ3n) is 4.65. The quantitative estimate of drug-likeness (QED) is 0.862. The second kappa shape index (κ2) is 6.13. The highest BCUT2D eigenvalue weighted by Crippen LogP contribution is 2.27. The molecule has 2 aliphatic carbocycles. The van der Waals surface area contributed by atoms with E-state index in [1.165, 1.54) is 49.7 Å².